The van der Waals surface area contributed by atoms with E-state index in [1.165, 1.54) is 11.3 Å². The Morgan fingerprint density at radius 2 is 1.62 bits per heavy atom. The molecule has 0 aliphatic carbocycles. The maximum absolute atomic E-state index is 16.0. The lowest BCUT2D eigenvalue weighted by Gasteiger charge is -2.44. The zero-order valence-electron chi connectivity index (χ0n) is 30.0. The van der Waals surface area contributed by atoms with Crippen molar-refractivity contribution in [1.29, 1.82) is 0 Å². The molecule has 4 heterocycles. The number of hydrogen-bond acceptors (Lipinski definition) is 7. The minimum Gasteiger partial charge on any atom is -0.372 e. The molecule has 2 unspecified atom stereocenters. The van der Waals surface area contributed by atoms with Crippen molar-refractivity contribution in [3.8, 4) is 11.1 Å². The molecular weight excluding hydrogens is 642 g/mol. The highest BCUT2D eigenvalue weighted by Gasteiger charge is 2.29. The largest absolute Gasteiger partial charge is 0.386 e. The highest BCUT2D eigenvalue weighted by molar-refractivity contribution is 5.81. The van der Waals surface area contributed by atoms with Crippen LogP contribution in [0.5, 0.6) is 0 Å². The molecule has 2 fully saturated rings. The van der Waals surface area contributed by atoms with E-state index < -0.39 is 6.18 Å². The van der Waals surface area contributed by atoms with Crippen molar-refractivity contribution in [2.45, 2.75) is 58.8 Å². The van der Waals surface area contributed by atoms with Crippen LogP contribution in [-0.2, 0) is 0 Å². The summed E-state index contributed by atoms with van der Waals surface area (Å²) in [5, 5.41) is 6.66. The highest BCUT2D eigenvalue weighted by Crippen LogP contribution is 2.37. The molecule has 11 heteroatoms. The Bertz CT molecular complexity index is 1600. The van der Waals surface area contributed by atoms with Crippen LogP contribution in [0.2, 0.25) is 0 Å². The van der Waals surface area contributed by atoms with Gasteiger partial charge in [0.1, 0.15) is 11.6 Å². The number of nitrogens with one attached hydrogen (secondary N) is 2. The van der Waals surface area contributed by atoms with E-state index in [1.54, 1.807) is 12.3 Å². The number of nitrogens with zero attached hydrogens (tertiary/aromatic N) is 5. The number of piperazine rings is 2. The number of likely N-dealkylation sites (N-methyl/N-ethyl adjacent to an activating group) is 1. The van der Waals surface area contributed by atoms with Gasteiger partial charge in [-0.15, -0.1) is 6.58 Å². The van der Waals surface area contributed by atoms with Gasteiger partial charge in [-0.3, -0.25) is 4.90 Å². The molecule has 1 aromatic heterocycles. The van der Waals surface area contributed by atoms with Gasteiger partial charge in [0.05, 0.1) is 11.4 Å². The van der Waals surface area contributed by atoms with E-state index in [0.29, 0.717) is 17.6 Å². The van der Waals surface area contributed by atoms with E-state index in [9.17, 15) is 13.2 Å². The molecule has 270 valence electrons. The van der Waals surface area contributed by atoms with Gasteiger partial charge in [-0.05, 0) is 77.1 Å². The minimum atomic E-state index is -4.00. The zero-order valence-corrected chi connectivity index (χ0v) is 30.0. The van der Waals surface area contributed by atoms with Crippen molar-refractivity contribution in [3.05, 3.63) is 109 Å². The monoisotopic (exact) mass is 693 g/mol. The van der Waals surface area contributed by atoms with E-state index in [2.05, 4.69) is 84.4 Å². The molecule has 0 bridgehead atoms. The first-order valence-electron chi connectivity index (χ1n) is 17.0. The van der Waals surface area contributed by atoms with Gasteiger partial charge in [0.2, 0.25) is 0 Å². The lowest BCUT2D eigenvalue weighted by atomic mass is 10.0. The standard InChI is InChI=1S/C37H48FN7.C2H3F3/c1-25(2)9-11-27(4)43-15-17-44(18-16-43)37-14-13-32(22-40-37)33-19-35(41-30(7)31-12-10-26(3)39-21-31)36(20-34(33)38)45-23-28(5)42(8)29(6)24-45;1-2(3,4)5/h10,12-14,19-22,28-29,39,41H,1,3-4,7,9,11,15-18,23-24H2,2,5-6,8H3;1H3. The minimum absolute atomic E-state index is 0.188. The third-order valence-corrected chi connectivity index (χ3v) is 9.25. The Labute approximate surface area is 295 Å². The summed E-state index contributed by atoms with van der Waals surface area (Å²) in [6, 6.07) is 8.20. The summed E-state index contributed by atoms with van der Waals surface area (Å²) in [5.74, 6) is 0.631. The van der Waals surface area contributed by atoms with Crippen LogP contribution in [0.3, 0.4) is 0 Å². The predicted molar refractivity (Wildman–Crippen MR) is 199 cm³/mol. The fourth-order valence-electron chi connectivity index (χ4n) is 6.13. The molecule has 2 saturated heterocycles. The number of benzene rings is 1. The summed E-state index contributed by atoms with van der Waals surface area (Å²) in [7, 11) is 2.15. The van der Waals surface area contributed by atoms with E-state index >= 15 is 4.39 Å². The molecule has 3 aliphatic rings. The molecule has 0 amide bonds. The first-order valence-corrected chi connectivity index (χ1v) is 17.0. The van der Waals surface area contributed by atoms with Gasteiger partial charge in [0.15, 0.2) is 0 Å². The van der Waals surface area contributed by atoms with E-state index in [-0.39, 0.29) is 12.7 Å². The van der Waals surface area contributed by atoms with Crippen LogP contribution in [-0.4, -0.2) is 79.4 Å². The lowest BCUT2D eigenvalue weighted by molar-refractivity contribution is -0.110. The third kappa shape index (κ3) is 10.5. The fourth-order valence-corrected chi connectivity index (χ4v) is 6.13. The smallest absolute Gasteiger partial charge is 0.372 e. The molecule has 50 heavy (non-hydrogen) atoms. The van der Waals surface area contributed by atoms with Gasteiger partial charge >= 0.3 is 6.18 Å². The number of allylic oxidation sites excluding steroid dienone is 4. The van der Waals surface area contributed by atoms with Crippen molar-refractivity contribution >= 4 is 17.2 Å². The van der Waals surface area contributed by atoms with Crippen molar-refractivity contribution in [2.75, 3.05) is 61.4 Å². The maximum atomic E-state index is 16.0. The van der Waals surface area contributed by atoms with Gasteiger partial charge in [0, 0.05) is 104 Å². The quantitative estimate of drug-likeness (QED) is 0.191. The lowest BCUT2D eigenvalue weighted by Crippen LogP contribution is -2.55. The molecule has 2 atom stereocenters. The number of pyridine rings is 1. The Hall–Kier alpha value is -4.51. The zero-order chi connectivity index (χ0) is 36.7. The van der Waals surface area contributed by atoms with Gasteiger partial charge < -0.3 is 25.3 Å². The van der Waals surface area contributed by atoms with Crippen molar-refractivity contribution < 1.29 is 17.6 Å². The molecule has 0 saturated carbocycles. The first-order chi connectivity index (χ1) is 23.5. The van der Waals surface area contributed by atoms with E-state index in [0.717, 1.165) is 91.8 Å². The molecule has 1 aromatic carbocycles. The van der Waals surface area contributed by atoms with Crippen LogP contribution in [0.1, 0.15) is 40.5 Å². The van der Waals surface area contributed by atoms with E-state index in [4.69, 9.17) is 4.98 Å². The number of rotatable bonds is 10. The third-order valence-electron chi connectivity index (χ3n) is 9.25. The molecule has 2 aromatic rings. The molecule has 7 nitrogen and oxygen atoms in total. The Balaban J connectivity index is 0.00000105. The van der Waals surface area contributed by atoms with Gasteiger partial charge in [-0.2, -0.15) is 13.2 Å². The summed E-state index contributed by atoms with van der Waals surface area (Å²) in [6.45, 7) is 28.4. The fraction of sp³-hybridized carbons (Fsp3) is 0.410. The van der Waals surface area contributed by atoms with Gasteiger partial charge in [-0.1, -0.05) is 25.3 Å². The number of halogens is 4. The SMILES string of the molecule is C=C(C)CCC(=C)N1CCN(c2ccc(-c3cc(NC(=C)C4=CNC(=C)C=C4)c(N4CC(C)N(C)C(C)C4)cc3F)cn2)CC1.CC(F)(F)F. The van der Waals surface area contributed by atoms with Crippen LogP contribution in [0, 0.1) is 5.82 Å². The summed E-state index contributed by atoms with van der Waals surface area (Å²) >= 11 is 0. The van der Waals surface area contributed by atoms with Crippen molar-refractivity contribution in [1.82, 2.24) is 20.1 Å². The number of aromatic nitrogens is 1. The highest BCUT2D eigenvalue weighted by atomic mass is 19.4. The number of alkyl halides is 3. The second-order valence-corrected chi connectivity index (χ2v) is 13.5. The summed E-state index contributed by atoms with van der Waals surface area (Å²) in [6.07, 6.45) is 5.47. The topological polar surface area (TPSA) is 49.9 Å². The molecule has 0 radical (unpaired) electrons. The van der Waals surface area contributed by atoms with Crippen LogP contribution >= 0.6 is 0 Å². The van der Waals surface area contributed by atoms with Crippen LogP contribution in [0.25, 0.3) is 11.1 Å². The number of anilines is 3. The summed E-state index contributed by atoms with van der Waals surface area (Å²) < 4.78 is 47.0. The van der Waals surface area contributed by atoms with Crippen molar-refractivity contribution in [2.24, 2.45) is 0 Å². The molecule has 0 spiro atoms. The van der Waals surface area contributed by atoms with Crippen molar-refractivity contribution in [3.63, 3.8) is 0 Å². The second kappa shape index (κ2) is 16.5. The van der Waals surface area contributed by atoms with Crippen LogP contribution in [0.15, 0.2) is 103 Å². The molecule has 2 N–H and O–H groups in total. The summed E-state index contributed by atoms with van der Waals surface area (Å²) in [4.78, 5) is 14.1. The average Bonchev–Trinajstić information content (AvgIpc) is 3.06. The average molecular weight is 694 g/mol. The molecular formula is C39H51F4N7. The van der Waals surface area contributed by atoms with Gasteiger partial charge in [0.25, 0.3) is 0 Å². The first kappa shape index (κ1) is 38.3. The number of dihydropyridines is 1. The Morgan fingerprint density at radius 1 is 0.980 bits per heavy atom. The normalized spacial score (nSPS) is 19.7. The predicted octanol–water partition coefficient (Wildman–Crippen LogP) is 8.46. The van der Waals surface area contributed by atoms with Crippen LogP contribution < -0.4 is 20.4 Å². The Kier molecular flexibility index (Phi) is 12.6. The second-order valence-electron chi connectivity index (χ2n) is 13.5. The molecule has 5 rings (SSSR count). The van der Waals surface area contributed by atoms with E-state index in [1.807, 2.05) is 36.6 Å². The molecule has 3 aliphatic heterocycles. The maximum Gasteiger partial charge on any atom is 0.386 e. The summed E-state index contributed by atoms with van der Waals surface area (Å²) in [5.41, 5.74) is 7.67. The number of hydrogen-bond donors (Lipinski definition) is 2. The van der Waals surface area contributed by atoms with Gasteiger partial charge in [-0.25, -0.2) is 9.37 Å². The Morgan fingerprint density at radius 3 is 2.16 bits per heavy atom. The van der Waals surface area contributed by atoms with Crippen LogP contribution in [0.4, 0.5) is 34.8 Å².